The standard InChI is InChI=1S/C16H14N4O4/c1-9(14-6-10-4-2-3-5-13(10)24-14)19-16-12(15(17)21)7-11(8-18-16)20(22)23/h2-9H,1H3,(H2,17,21)(H,18,19)/t9-/m1/s1. The summed E-state index contributed by atoms with van der Waals surface area (Å²) in [7, 11) is 0. The average Bonchev–Trinajstić information content (AvgIpc) is 2.99. The molecule has 0 fully saturated rings. The van der Waals surface area contributed by atoms with Gasteiger partial charge in [0, 0.05) is 11.5 Å². The van der Waals surface area contributed by atoms with Crippen LogP contribution in [0.1, 0.15) is 29.1 Å². The predicted molar refractivity (Wildman–Crippen MR) is 87.7 cm³/mol. The van der Waals surface area contributed by atoms with Crippen LogP contribution in [0.2, 0.25) is 0 Å². The highest BCUT2D eigenvalue weighted by molar-refractivity contribution is 5.98. The largest absolute Gasteiger partial charge is 0.459 e. The van der Waals surface area contributed by atoms with E-state index in [1.807, 2.05) is 37.3 Å². The van der Waals surface area contributed by atoms with E-state index in [0.29, 0.717) is 5.76 Å². The molecule has 24 heavy (non-hydrogen) atoms. The molecule has 0 saturated heterocycles. The second kappa shape index (κ2) is 5.99. The Kier molecular flexibility index (Phi) is 3.87. The molecule has 8 heteroatoms. The molecule has 0 radical (unpaired) electrons. The first kappa shape index (κ1) is 15.5. The second-order valence-corrected chi connectivity index (χ2v) is 5.26. The third-order valence-corrected chi connectivity index (χ3v) is 3.57. The molecule has 8 nitrogen and oxygen atoms in total. The smallest absolute Gasteiger partial charge is 0.288 e. The van der Waals surface area contributed by atoms with Crippen LogP contribution in [0.25, 0.3) is 11.0 Å². The summed E-state index contributed by atoms with van der Waals surface area (Å²) in [6.45, 7) is 1.82. The number of benzene rings is 1. The quantitative estimate of drug-likeness (QED) is 0.548. The van der Waals surface area contributed by atoms with E-state index in [-0.39, 0.29) is 23.1 Å². The van der Waals surface area contributed by atoms with E-state index < -0.39 is 10.8 Å². The molecule has 3 N–H and O–H groups in total. The fourth-order valence-corrected chi connectivity index (χ4v) is 2.35. The number of nitrogens with one attached hydrogen (secondary N) is 1. The summed E-state index contributed by atoms with van der Waals surface area (Å²) in [5.41, 5.74) is 5.69. The van der Waals surface area contributed by atoms with Gasteiger partial charge in [-0.15, -0.1) is 0 Å². The number of nitrogens with zero attached hydrogens (tertiary/aromatic N) is 2. The molecule has 3 rings (SSSR count). The fourth-order valence-electron chi connectivity index (χ4n) is 2.35. The van der Waals surface area contributed by atoms with Crippen molar-refractivity contribution in [1.82, 2.24) is 4.98 Å². The second-order valence-electron chi connectivity index (χ2n) is 5.26. The maximum Gasteiger partial charge on any atom is 0.288 e. The van der Waals surface area contributed by atoms with Crippen LogP contribution in [0.3, 0.4) is 0 Å². The number of aromatic nitrogens is 1. The van der Waals surface area contributed by atoms with Gasteiger partial charge in [0.05, 0.1) is 16.5 Å². The van der Waals surface area contributed by atoms with Gasteiger partial charge in [0.2, 0.25) is 0 Å². The molecular weight excluding hydrogens is 312 g/mol. The van der Waals surface area contributed by atoms with E-state index in [1.54, 1.807) is 0 Å². The molecule has 0 spiro atoms. The lowest BCUT2D eigenvalue weighted by atomic mass is 10.2. The third kappa shape index (κ3) is 2.89. The molecule has 1 atom stereocenters. The van der Waals surface area contributed by atoms with Gasteiger partial charge in [0.25, 0.3) is 11.6 Å². The number of nitrogens with two attached hydrogens (primary N) is 1. The van der Waals surface area contributed by atoms with Gasteiger partial charge in [0.1, 0.15) is 23.4 Å². The number of furan rings is 1. The van der Waals surface area contributed by atoms with Crippen molar-refractivity contribution in [3.63, 3.8) is 0 Å². The number of primary amides is 1. The average molecular weight is 326 g/mol. The number of carbonyl (C=O) groups is 1. The van der Waals surface area contributed by atoms with Crippen molar-refractivity contribution < 1.29 is 14.1 Å². The molecule has 3 aromatic rings. The molecule has 0 aliphatic rings. The fraction of sp³-hybridized carbons (Fsp3) is 0.125. The van der Waals surface area contributed by atoms with E-state index in [2.05, 4.69) is 10.3 Å². The zero-order chi connectivity index (χ0) is 17.3. The van der Waals surface area contributed by atoms with Gasteiger partial charge in [-0.05, 0) is 19.1 Å². The number of nitro groups is 1. The van der Waals surface area contributed by atoms with E-state index in [1.165, 1.54) is 0 Å². The number of rotatable bonds is 5. The normalized spacial score (nSPS) is 12.0. The molecular formula is C16H14N4O4. The van der Waals surface area contributed by atoms with E-state index in [4.69, 9.17) is 10.2 Å². The Bertz CT molecular complexity index is 902. The molecule has 1 aromatic carbocycles. The maximum absolute atomic E-state index is 11.6. The summed E-state index contributed by atoms with van der Waals surface area (Å²) in [5, 5.41) is 14.8. The lowest BCUT2D eigenvalue weighted by molar-refractivity contribution is -0.385. The Morgan fingerprint density at radius 2 is 2.12 bits per heavy atom. The molecule has 0 aliphatic carbocycles. The van der Waals surface area contributed by atoms with Crippen molar-refractivity contribution in [2.24, 2.45) is 5.73 Å². The monoisotopic (exact) mass is 326 g/mol. The summed E-state index contributed by atoms with van der Waals surface area (Å²) >= 11 is 0. The highest BCUT2D eigenvalue weighted by Crippen LogP contribution is 2.27. The van der Waals surface area contributed by atoms with Crippen molar-refractivity contribution in [2.45, 2.75) is 13.0 Å². The Morgan fingerprint density at radius 1 is 1.38 bits per heavy atom. The number of carbonyl (C=O) groups excluding carboxylic acids is 1. The SMILES string of the molecule is C[C@@H](Nc1ncc([N+](=O)[O-])cc1C(N)=O)c1cc2ccccc2o1. The van der Waals surface area contributed by atoms with Crippen molar-refractivity contribution in [3.8, 4) is 0 Å². The molecule has 0 bridgehead atoms. The number of amides is 1. The van der Waals surface area contributed by atoms with Crippen LogP contribution in [0.4, 0.5) is 11.5 Å². The van der Waals surface area contributed by atoms with Gasteiger partial charge < -0.3 is 15.5 Å². The van der Waals surface area contributed by atoms with E-state index >= 15 is 0 Å². The summed E-state index contributed by atoms with van der Waals surface area (Å²) in [6, 6.07) is 10.2. The summed E-state index contributed by atoms with van der Waals surface area (Å²) in [4.78, 5) is 25.7. The van der Waals surface area contributed by atoms with Crippen LogP contribution < -0.4 is 11.1 Å². The van der Waals surface area contributed by atoms with Gasteiger partial charge in [-0.3, -0.25) is 14.9 Å². The lowest BCUT2D eigenvalue weighted by Gasteiger charge is -2.14. The van der Waals surface area contributed by atoms with Gasteiger partial charge in [-0.1, -0.05) is 18.2 Å². The Morgan fingerprint density at radius 3 is 2.79 bits per heavy atom. The minimum atomic E-state index is -0.800. The van der Waals surface area contributed by atoms with Crippen LogP contribution in [-0.4, -0.2) is 15.8 Å². The van der Waals surface area contributed by atoms with Crippen molar-refractivity contribution in [1.29, 1.82) is 0 Å². The van der Waals surface area contributed by atoms with Crippen molar-refractivity contribution in [2.75, 3.05) is 5.32 Å². The first-order valence-corrected chi connectivity index (χ1v) is 7.15. The third-order valence-electron chi connectivity index (χ3n) is 3.57. The van der Waals surface area contributed by atoms with Crippen LogP contribution in [0.5, 0.6) is 0 Å². The van der Waals surface area contributed by atoms with Crippen LogP contribution in [0.15, 0.2) is 47.0 Å². The first-order chi connectivity index (χ1) is 11.5. The summed E-state index contributed by atoms with van der Waals surface area (Å²) in [5.74, 6) is 0.0123. The number of hydrogen-bond acceptors (Lipinski definition) is 6. The zero-order valence-electron chi connectivity index (χ0n) is 12.7. The summed E-state index contributed by atoms with van der Waals surface area (Å²) in [6.07, 6.45) is 1.07. The number of pyridine rings is 1. The highest BCUT2D eigenvalue weighted by atomic mass is 16.6. The maximum atomic E-state index is 11.6. The highest BCUT2D eigenvalue weighted by Gasteiger charge is 2.19. The molecule has 122 valence electrons. The molecule has 2 aromatic heterocycles. The van der Waals surface area contributed by atoms with Gasteiger partial charge in [0.15, 0.2) is 0 Å². The van der Waals surface area contributed by atoms with Crippen LogP contribution in [0, 0.1) is 10.1 Å². The Balaban J connectivity index is 1.92. The first-order valence-electron chi connectivity index (χ1n) is 7.15. The van der Waals surface area contributed by atoms with E-state index in [0.717, 1.165) is 23.2 Å². The lowest BCUT2D eigenvalue weighted by Crippen LogP contribution is -2.17. The number of anilines is 1. The van der Waals surface area contributed by atoms with Gasteiger partial charge in [-0.25, -0.2) is 4.98 Å². The topological polar surface area (TPSA) is 124 Å². The number of para-hydroxylation sites is 1. The number of hydrogen-bond donors (Lipinski definition) is 2. The summed E-state index contributed by atoms with van der Waals surface area (Å²) < 4.78 is 5.75. The molecule has 0 saturated carbocycles. The van der Waals surface area contributed by atoms with Crippen LogP contribution in [-0.2, 0) is 0 Å². The molecule has 2 heterocycles. The van der Waals surface area contributed by atoms with Crippen molar-refractivity contribution >= 4 is 28.4 Å². The Labute approximate surface area is 136 Å². The number of fused-ring (bicyclic) bond motifs is 1. The van der Waals surface area contributed by atoms with Gasteiger partial charge >= 0.3 is 0 Å². The molecule has 1 amide bonds. The minimum Gasteiger partial charge on any atom is -0.459 e. The predicted octanol–water partition coefficient (Wildman–Crippen LogP) is 3.01. The molecule has 0 aliphatic heterocycles. The van der Waals surface area contributed by atoms with Gasteiger partial charge in [-0.2, -0.15) is 0 Å². The minimum absolute atomic E-state index is 0.0489. The van der Waals surface area contributed by atoms with Crippen molar-refractivity contribution in [3.05, 3.63) is 64.0 Å². The Hall–Kier alpha value is -3.42. The van der Waals surface area contributed by atoms with E-state index in [9.17, 15) is 14.9 Å². The zero-order valence-corrected chi connectivity index (χ0v) is 12.7. The van der Waals surface area contributed by atoms with Crippen LogP contribution >= 0.6 is 0 Å². The molecule has 0 unspecified atom stereocenters.